The minimum atomic E-state index is -3.29. The lowest BCUT2D eigenvalue weighted by Gasteiger charge is -2.33. The van der Waals surface area contributed by atoms with Gasteiger partial charge in [-0.25, -0.2) is 8.42 Å². The summed E-state index contributed by atoms with van der Waals surface area (Å²) >= 11 is 1.53. The highest BCUT2D eigenvalue weighted by Gasteiger charge is 2.28. The van der Waals surface area contributed by atoms with Gasteiger partial charge >= 0.3 is 0 Å². The van der Waals surface area contributed by atoms with E-state index in [1.807, 2.05) is 38.3 Å². The molecule has 0 unspecified atom stereocenters. The van der Waals surface area contributed by atoms with Crippen LogP contribution in [0.4, 0.5) is 0 Å². The van der Waals surface area contributed by atoms with Crippen molar-refractivity contribution in [2.45, 2.75) is 32.7 Å². The van der Waals surface area contributed by atoms with Gasteiger partial charge in [0.15, 0.2) is 0 Å². The number of rotatable bonds is 6. The van der Waals surface area contributed by atoms with E-state index >= 15 is 0 Å². The van der Waals surface area contributed by atoms with E-state index in [-0.39, 0.29) is 12.5 Å². The van der Waals surface area contributed by atoms with Gasteiger partial charge in [0.05, 0.1) is 12.7 Å². The lowest BCUT2D eigenvalue weighted by atomic mass is 10.1. The van der Waals surface area contributed by atoms with Gasteiger partial charge in [-0.2, -0.15) is 4.31 Å². The van der Waals surface area contributed by atoms with Crippen molar-refractivity contribution in [3.05, 3.63) is 22.4 Å². The maximum Gasteiger partial charge on any atom is 0.225 e. The molecule has 0 aromatic carbocycles. The molecule has 1 heterocycles. The van der Waals surface area contributed by atoms with Crippen LogP contribution >= 0.6 is 11.3 Å². The quantitative estimate of drug-likeness (QED) is 0.863. The van der Waals surface area contributed by atoms with Crippen LogP contribution in [0.25, 0.3) is 0 Å². The number of carbonyl (C=O) groups excluding carboxylic acids is 1. The highest BCUT2D eigenvalue weighted by atomic mass is 32.2. The number of carbonyl (C=O) groups is 1. The third-order valence-corrected chi connectivity index (χ3v) is 5.11. The molecule has 1 N–H and O–H groups in total. The molecule has 0 saturated carbocycles. The average Bonchev–Trinajstić information content (AvgIpc) is 2.73. The minimum absolute atomic E-state index is 0.0881. The number of nitrogens with one attached hydrogen (secondary N) is 1. The third kappa shape index (κ3) is 5.60. The highest BCUT2D eigenvalue weighted by Crippen LogP contribution is 2.16. The lowest BCUT2D eigenvalue weighted by Crippen LogP contribution is -2.48. The summed E-state index contributed by atoms with van der Waals surface area (Å²) in [5.74, 6) is -0.0881. The molecule has 0 saturated heterocycles. The van der Waals surface area contributed by atoms with Gasteiger partial charge < -0.3 is 5.32 Å². The molecule has 1 rings (SSSR count). The Morgan fingerprint density at radius 1 is 1.40 bits per heavy atom. The minimum Gasteiger partial charge on any atom is -0.354 e. The molecule has 0 radical (unpaired) electrons. The maximum absolute atomic E-state index is 11.7. The summed E-state index contributed by atoms with van der Waals surface area (Å²) in [6.07, 6.45) is 1.53. The Morgan fingerprint density at radius 2 is 2.05 bits per heavy atom. The van der Waals surface area contributed by atoms with E-state index in [0.29, 0.717) is 13.0 Å². The Balaban J connectivity index is 2.47. The van der Waals surface area contributed by atoms with Crippen molar-refractivity contribution >= 4 is 27.3 Å². The molecule has 0 aliphatic heterocycles. The molecule has 0 spiro atoms. The number of thiophene rings is 1. The van der Waals surface area contributed by atoms with Crippen molar-refractivity contribution in [3.8, 4) is 0 Å². The normalized spacial score (nSPS) is 12.7. The Hall–Kier alpha value is -0.920. The molecule has 7 heteroatoms. The van der Waals surface area contributed by atoms with Crippen LogP contribution in [0.3, 0.4) is 0 Å². The summed E-state index contributed by atoms with van der Waals surface area (Å²) in [4.78, 5) is 12.7. The molecule has 1 aromatic heterocycles. The zero-order valence-electron chi connectivity index (χ0n) is 12.3. The summed E-state index contributed by atoms with van der Waals surface area (Å²) in [5, 5.41) is 4.68. The first-order chi connectivity index (χ1) is 9.10. The third-order valence-electron chi connectivity index (χ3n) is 2.70. The summed E-state index contributed by atoms with van der Waals surface area (Å²) < 4.78 is 24.8. The summed E-state index contributed by atoms with van der Waals surface area (Å²) in [5.41, 5.74) is -0.494. The molecular formula is C13H22N2O3S2. The Bertz CT molecular complexity index is 530. The Labute approximate surface area is 125 Å². The average molecular weight is 318 g/mol. The summed E-state index contributed by atoms with van der Waals surface area (Å²) in [6.45, 7) is 6.09. The van der Waals surface area contributed by atoms with Crippen LogP contribution in [0, 0.1) is 0 Å². The van der Waals surface area contributed by atoms with Crippen molar-refractivity contribution < 1.29 is 13.2 Å². The predicted molar refractivity (Wildman–Crippen MR) is 82.3 cm³/mol. The molecule has 1 amide bonds. The Morgan fingerprint density at radius 3 is 2.50 bits per heavy atom. The zero-order chi connectivity index (χ0) is 15.4. The molecule has 0 aliphatic carbocycles. The van der Waals surface area contributed by atoms with E-state index in [2.05, 4.69) is 5.32 Å². The van der Waals surface area contributed by atoms with Crippen molar-refractivity contribution in [2.75, 3.05) is 19.3 Å². The summed E-state index contributed by atoms with van der Waals surface area (Å²) in [7, 11) is -3.29. The van der Waals surface area contributed by atoms with Crippen molar-refractivity contribution in [1.82, 2.24) is 9.62 Å². The molecule has 0 fully saturated rings. The predicted octanol–water partition coefficient (Wildman–Crippen LogP) is 1.47. The van der Waals surface area contributed by atoms with Gasteiger partial charge in [-0.3, -0.25) is 4.79 Å². The second kappa shape index (κ2) is 6.69. The SMILES string of the molecule is CC(C)(C)N(CCNC(=O)Cc1cccs1)S(C)(=O)=O. The topological polar surface area (TPSA) is 66.5 Å². The van der Waals surface area contributed by atoms with Gasteiger partial charge in [0.25, 0.3) is 0 Å². The van der Waals surface area contributed by atoms with Crippen LogP contribution in [0.1, 0.15) is 25.6 Å². The van der Waals surface area contributed by atoms with Crippen LogP contribution in [-0.2, 0) is 21.2 Å². The molecule has 0 bridgehead atoms. The Kier molecular flexibility index (Phi) is 5.73. The molecule has 5 nitrogen and oxygen atoms in total. The van der Waals surface area contributed by atoms with Crippen LogP contribution in [-0.4, -0.2) is 43.5 Å². The maximum atomic E-state index is 11.7. The van der Waals surface area contributed by atoms with E-state index in [0.717, 1.165) is 4.88 Å². The fourth-order valence-electron chi connectivity index (χ4n) is 1.93. The molecule has 1 aromatic rings. The van der Waals surface area contributed by atoms with Gasteiger partial charge in [-0.1, -0.05) is 6.07 Å². The lowest BCUT2D eigenvalue weighted by molar-refractivity contribution is -0.120. The number of hydrogen-bond donors (Lipinski definition) is 1. The molecule has 0 aliphatic rings. The highest BCUT2D eigenvalue weighted by molar-refractivity contribution is 7.88. The number of sulfonamides is 1. The first-order valence-corrected chi connectivity index (χ1v) is 9.10. The van der Waals surface area contributed by atoms with Gasteiger partial charge in [0, 0.05) is 23.5 Å². The van der Waals surface area contributed by atoms with Crippen LogP contribution < -0.4 is 5.32 Å². The van der Waals surface area contributed by atoms with E-state index in [1.54, 1.807) is 0 Å². The van der Waals surface area contributed by atoms with Crippen molar-refractivity contribution in [2.24, 2.45) is 0 Å². The molecular weight excluding hydrogens is 296 g/mol. The van der Waals surface area contributed by atoms with Gasteiger partial charge in [0.2, 0.25) is 15.9 Å². The first kappa shape index (κ1) is 17.1. The van der Waals surface area contributed by atoms with E-state index in [1.165, 1.54) is 21.9 Å². The van der Waals surface area contributed by atoms with Crippen molar-refractivity contribution in [1.29, 1.82) is 0 Å². The zero-order valence-corrected chi connectivity index (χ0v) is 14.0. The van der Waals surface area contributed by atoms with E-state index in [4.69, 9.17) is 0 Å². The fourth-order valence-corrected chi connectivity index (χ4v) is 4.05. The number of nitrogens with zero attached hydrogens (tertiary/aromatic N) is 1. The van der Waals surface area contributed by atoms with Crippen LogP contribution in [0.2, 0.25) is 0 Å². The fraction of sp³-hybridized carbons (Fsp3) is 0.615. The smallest absolute Gasteiger partial charge is 0.225 e. The monoisotopic (exact) mass is 318 g/mol. The van der Waals surface area contributed by atoms with E-state index < -0.39 is 15.6 Å². The van der Waals surface area contributed by atoms with Crippen LogP contribution in [0.5, 0.6) is 0 Å². The standard InChI is InChI=1S/C13H22N2O3S2/c1-13(2,3)15(20(4,17)18)8-7-14-12(16)10-11-6-5-9-19-11/h5-6,9H,7-8,10H2,1-4H3,(H,14,16). The second-order valence-corrected chi connectivity index (χ2v) is 8.55. The largest absolute Gasteiger partial charge is 0.354 e. The molecule has 20 heavy (non-hydrogen) atoms. The van der Waals surface area contributed by atoms with E-state index in [9.17, 15) is 13.2 Å². The number of hydrogen-bond acceptors (Lipinski definition) is 4. The van der Waals surface area contributed by atoms with Gasteiger partial charge in [0.1, 0.15) is 0 Å². The molecule has 114 valence electrons. The molecule has 0 atom stereocenters. The second-order valence-electron chi connectivity index (χ2n) is 5.61. The van der Waals surface area contributed by atoms with Gasteiger partial charge in [-0.05, 0) is 32.2 Å². The van der Waals surface area contributed by atoms with Gasteiger partial charge in [-0.15, -0.1) is 11.3 Å². The van der Waals surface area contributed by atoms with Crippen molar-refractivity contribution in [3.63, 3.8) is 0 Å². The number of amides is 1. The van der Waals surface area contributed by atoms with Crippen LogP contribution in [0.15, 0.2) is 17.5 Å². The first-order valence-electron chi connectivity index (χ1n) is 6.37. The summed E-state index contributed by atoms with van der Waals surface area (Å²) in [6, 6.07) is 3.81.